The summed E-state index contributed by atoms with van der Waals surface area (Å²) < 4.78 is 17.5. The predicted molar refractivity (Wildman–Crippen MR) is 60.3 cm³/mol. The molecule has 88 valence electrons. The van der Waals surface area contributed by atoms with E-state index in [0.717, 1.165) is 0 Å². The Bertz CT molecular complexity index is 342. The van der Waals surface area contributed by atoms with Crippen molar-refractivity contribution in [1.82, 2.24) is 5.32 Å². The van der Waals surface area contributed by atoms with Crippen LogP contribution in [0.15, 0.2) is 24.3 Å². The number of carbonyl (C=O) groups excluding carboxylic acids is 1. The molecule has 16 heavy (non-hydrogen) atoms. The molecule has 0 bridgehead atoms. The minimum atomic E-state index is -0.373. The number of carbonyl (C=O) groups is 1. The number of hydrogen-bond donors (Lipinski definition) is 1. The third-order valence-corrected chi connectivity index (χ3v) is 2.37. The van der Waals surface area contributed by atoms with Gasteiger partial charge in [-0.05, 0) is 24.3 Å². The normalized spacial score (nSPS) is 12.2. The summed E-state index contributed by atoms with van der Waals surface area (Å²) in [5.41, 5.74) is 0.396. The average molecular weight is 246 g/mol. The summed E-state index contributed by atoms with van der Waals surface area (Å²) in [4.78, 5) is 11.7. The molecule has 0 aliphatic heterocycles. The van der Waals surface area contributed by atoms with E-state index in [1.807, 2.05) is 0 Å². The van der Waals surface area contributed by atoms with Gasteiger partial charge in [0.1, 0.15) is 5.82 Å². The molecule has 3 nitrogen and oxygen atoms in total. The predicted octanol–water partition coefficient (Wildman–Crippen LogP) is 1.81. The van der Waals surface area contributed by atoms with Crippen molar-refractivity contribution in [1.29, 1.82) is 0 Å². The van der Waals surface area contributed by atoms with Crippen LogP contribution in [-0.2, 0) is 4.74 Å². The van der Waals surface area contributed by atoms with Crippen LogP contribution in [0.2, 0.25) is 0 Å². The van der Waals surface area contributed by atoms with Crippen LogP contribution in [-0.4, -0.2) is 31.5 Å². The van der Waals surface area contributed by atoms with Gasteiger partial charge in [0, 0.05) is 18.6 Å². The highest BCUT2D eigenvalue weighted by molar-refractivity contribution is 6.18. The fourth-order valence-electron chi connectivity index (χ4n) is 1.20. The number of amides is 1. The van der Waals surface area contributed by atoms with E-state index in [1.165, 1.54) is 31.4 Å². The van der Waals surface area contributed by atoms with Crippen molar-refractivity contribution in [2.75, 3.05) is 19.6 Å². The van der Waals surface area contributed by atoms with Gasteiger partial charge in [-0.15, -0.1) is 11.6 Å². The summed E-state index contributed by atoms with van der Waals surface area (Å²) in [6.07, 6.45) is 0. The highest BCUT2D eigenvalue weighted by Crippen LogP contribution is 2.03. The fraction of sp³-hybridized carbons (Fsp3) is 0.364. The highest BCUT2D eigenvalue weighted by Gasteiger charge is 2.12. The van der Waals surface area contributed by atoms with Gasteiger partial charge in [0.15, 0.2) is 0 Å². The summed E-state index contributed by atoms with van der Waals surface area (Å²) in [7, 11) is 1.53. The number of hydrogen-bond acceptors (Lipinski definition) is 2. The fourth-order valence-corrected chi connectivity index (χ4v) is 1.36. The molecule has 0 radical (unpaired) electrons. The maximum absolute atomic E-state index is 12.6. The molecule has 0 aromatic heterocycles. The summed E-state index contributed by atoms with van der Waals surface area (Å²) in [6.45, 7) is 0.344. The van der Waals surface area contributed by atoms with Gasteiger partial charge < -0.3 is 10.1 Å². The van der Waals surface area contributed by atoms with E-state index < -0.39 is 0 Å². The zero-order valence-electron chi connectivity index (χ0n) is 8.87. The van der Waals surface area contributed by atoms with Crippen LogP contribution in [0, 0.1) is 5.82 Å². The van der Waals surface area contributed by atoms with Crippen molar-refractivity contribution < 1.29 is 13.9 Å². The van der Waals surface area contributed by atoms with Crippen LogP contribution in [0.25, 0.3) is 0 Å². The van der Waals surface area contributed by atoms with E-state index in [9.17, 15) is 9.18 Å². The van der Waals surface area contributed by atoms with E-state index in [2.05, 4.69) is 5.32 Å². The van der Waals surface area contributed by atoms with Crippen molar-refractivity contribution in [2.24, 2.45) is 0 Å². The Morgan fingerprint density at radius 1 is 1.50 bits per heavy atom. The molecule has 1 atom stereocenters. The summed E-state index contributed by atoms with van der Waals surface area (Å²) >= 11 is 5.65. The summed E-state index contributed by atoms with van der Waals surface area (Å²) in [5, 5.41) is 2.69. The van der Waals surface area contributed by atoms with Crippen LogP contribution in [0.4, 0.5) is 4.39 Å². The lowest BCUT2D eigenvalue weighted by Crippen LogP contribution is -2.39. The van der Waals surface area contributed by atoms with Crippen LogP contribution < -0.4 is 5.32 Å². The van der Waals surface area contributed by atoms with Crippen LogP contribution >= 0.6 is 11.6 Å². The Labute approximate surface area is 98.5 Å². The van der Waals surface area contributed by atoms with Gasteiger partial charge in [-0.25, -0.2) is 4.39 Å². The van der Waals surface area contributed by atoms with Crippen LogP contribution in [0.5, 0.6) is 0 Å². The second-order valence-electron chi connectivity index (χ2n) is 3.29. The zero-order valence-corrected chi connectivity index (χ0v) is 9.63. The largest absolute Gasteiger partial charge is 0.383 e. The molecule has 1 amide bonds. The van der Waals surface area contributed by atoms with Gasteiger partial charge in [-0.3, -0.25) is 4.79 Å². The first-order valence-electron chi connectivity index (χ1n) is 4.78. The smallest absolute Gasteiger partial charge is 0.251 e. The molecule has 0 saturated carbocycles. The molecular formula is C11H13ClFNO2. The van der Waals surface area contributed by atoms with Gasteiger partial charge in [0.2, 0.25) is 0 Å². The Hall–Kier alpha value is -1.13. The minimum absolute atomic E-state index is 0.246. The molecule has 0 aliphatic carbocycles. The van der Waals surface area contributed by atoms with Crippen molar-refractivity contribution in [3.05, 3.63) is 35.6 Å². The van der Waals surface area contributed by atoms with Gasteiger partial charge in [-0.1, -0.05) is 0 Å². The number of rotatable bonds is 5. The highest BCUT2D eigenvalue weighted by atomic mass is 35.5. The topological polar surface area (TPSA) is 38.3 Å². The van der Waals surface area contributed by atoms with Crippen molar-refractivity contribution in [3.63, 3.8) is 0 Å². The number of benzene rings is 1. The van der Waals surface area contributed by atoms with Gasteiger partial charge in [-0.2, -0.15) is 0 Å². The van der Waals surface area contributed by atoms with Crippen LogP contribution in [0.1, 0.15) is 10.4 Å². The minimum Gasteiger partial charge on any atom is -0.383 e. The summed E-state index contributed by atoms with van der Waals surface area (Å²) in [5.74, 6) is -0.397. The molecule has 0 spiro atoms. The first-order valence-corrected chi connectivity index (χ1v) is 5.32. The number of alkyl halides is 1. The molecule has 1 rings (SSSR count). The van der Waals surface area contributed by atoms with E-state index >= 15 is 0 Å². The van der Waals surface area contributed by atoms with Crippen molar-refractivity contribution >= 4 is 17.5 Å². The van der Waals surface area contributed by atoms with E-state index in [0.29, 0.717) is 12.2 Å². The maximum Gasteiger partial charge on any atom is 0.251 e. The SMILES string of the molecule is COCC(CCl)NC(=O)c1ccc(F)cc1. The third-order valence-electron chi connectivity index (χ3n) is 2.00. The lowest BCUT2D eigenvalue weighted by Gasteiger charge is -2.14. The summed E-state index contributed by atoms with van der Waals surface area (Å²) in [6, 6.07) is 5.07. The Kier molecular flexibility index (Phi) is 5.22. The third kappa shape index (κ3) is 3.79. The Morgan fingerprint density at radius 3 is 2.62 bits per heavy atom. The number of ether oxygens (including phenoxy) is 1. The van der Waals surface area contributed by atoms with Gasteiger partial charge >= 0.3 is 0 Å². The second-order valence-corrected chi connectivity index (χ2v) is 3.60. The molecule has 0 saturated heterocycles. The Balaban J connectivity index is 2.60. The molecule has 0 aliphatic rings. The van der Waals surface area contributed by atoms with Gasteiger partial charge in [0.05, 0.1) is 12.6 Å². The van der Waals surface area contributed by atoms with Crippen molar-refractivity contribution in [3.8, 4) is 0 Å². The van der Waals surface area contributed by atoms with Crippen molar-refractivity contribution in [2.45, 2.75) is 6.04 Å². The lowest BCUT2D eigenvalue weighted by atomic mass is 10.2. The molecule has 1 N–H and O–H groups in total. The molecular weight excluding hydrogens is 233 g/mol. The standard InChI is InChI=1S/C11H13ClFNO2/c1-16-7-10(6-12)14-11(15)8-2-4-9(13)5-3-8/h2-5,10H,6-7H2,1H3,(H,14,15). The first kappa shape index (κ1) is 12.9. The number of halogens is 2. The molecule has 1 unspecified atom stereocenters. The van der Waals surface area contributed by atoms with Crippen LogP contribution in [0.3, 0.4) is 0 Å². The number of methoxy groups -OCH3 is 1. The van der Waals surface area contributed by atoms with Gasteiger partial charge in [0.25, 0.3) is 5.91 Å². The zero-order chi connectivity index (χ0) is 12.0. The first-order chi connectivity index (χ1) is 7.67. The maximum atomic E-state index is 12.6. The average Bonchev–Trinajstić information content (AvgIpc) is 2.29. The molecule has 0 heterocycles. The molecule has 5 heteroatoms. The monoisotopic (exact) mass is 245 g/mol. The Morgan fingerprint density at radius 2 is 2.12 bits per heavy atom. The van der Waals surface area contributed by atoms with E-state index in [1.54, 1.807) is 0 Å². The molecule has 1 aromatic rings. The van der Waals surface area contributed by atoms with E-state index in [-0.39, 0.29) is 23.6 Å². The molecule has 0 fully saturated rings. The number of nitrogens with one attached hydrogen (secondary N) is 1. The second kappa shape index (κ2) is 6.45. The lowest BCUT2D eigenvalue weighted by molar-refractivity contribution is 0.0907. The quantitative estimate of drug-likeness (QED) is 0.804. The molecule has 1 aromatic carbocycles. The van der Waals surface area contributed by atoms with E-state index in [4.69, 9.17) is 16.3 Å².